The molecule has 0 aromatic heterocycles. The molecular weight excluding hydrogens is 557 g/mol. The molecule has 1 saturated carbocycles. The van der Waals surface area contributed by atoms with Crippen molar-refractivity contribution in [2.45, 2.75) is 76.0 Å². The fourth-order valence-corrected chi connectivity index (χ4v) is 6.36. The Morgan fingerprint density at radius 1 is 0.952 bits per heavy atom. The summed E-state index contributed by atoms with van der Waals surface area (Å²) in [4.78, 5) is 14.5. The van der Waals surface area contributed by atoms with Crippen LogP contribution >= 0.6 is 0 Å². The van der Waals surface area contributed by atoms with Gasteiger partial charge in [0.1, 0.15) is 12.4 Å². The van der Waals surface area contributed by atoms with Crippen LogP contribution in [0, 0.1) is 5.82 Å². The number of sulfonamides is 1. The zero-order chi connectivity index (χ0) is 29.9. The van der Waals surface area contributed by atoms with Gasteiger partial charge in [-0.2, -0.15) is 0 Å². The third-order valence-electron chi connectivity index (χ3n) is 7.69. The van der Waals surface area contributed by atoms with E-state index < -0.39 is 15.8 Å². The average Bonchev–Trinajstić information content (AvgIpc) is 3.62. The number of anilines is 2. The molecular formula is C32H38FN3O5S. The summed E-state index contributed by atoms with van der Waals surface area (Å²) in [6, 6.07) is 16.2. The minimum absolute atomic E-state index is 0.00920. The van der Waals surface area contributed by atoms with E-state index in [1.54, 1.807) is 11.0 Å². The molecule has 0 bridgehead atoms. The number of nitrogens with one attached hydrogen (secondary N) is 2. The molecule has 0 saturated heterocycles. The first-order chi connectivity index (χ1) is 20.0. The van der Waals surface area contributed by atoms with Crippen LogP contribution in [0.25, 0.3) is 0 Å². The van der Waals surface area contributed by atoms with E-state index in [1.807, 2.05) is 24.3 Å². The number of hydrogen-bond acceptors (Lipinski definition) is 5. The fraction of sp³-hybridized carbons (Fsp3) is 0.406. The maximum Gasteiger partial charge on any atom is 0.322 e. The minimum Gasteiger partial charge on any atom is -0.491 e. The van der Waals surface area contributed by atoms with Crippen molar-refractivity contribution < 1.29 is 27.1 Å². The summed E-state index contributed by atoms with van der Waals surface area (Å²) in [5, 5.41) is 2.91. The number of ether oxygens (including phenoxy) is 2. The summed E-state index contributed by atoms with van der Waals surface area (Å²) in [5.74, 6) is -0.446. The highest BCUT2D eigenvalue weighted by molar-refractivity contribution is 7.92. The summed E-state index contributed by atoms with van der Waals surface area (Å²) >= 11 is 0. The van der Waals surface area contributed by atoms with Gasteiger partial charge in [-0.25, -0.2) is 17.6 Å². The summed E-state index contributed by atoms with van der Waals surface area (Å²) in [6.07, 6.45) is 4.77. The Balaban J connectivity index is 1.17. The van der Waals surface area contributed by atoms with Crippen LogP contribution in [0.5, 0.6) is 5.75 Å². The lowest BCUT2D eigenvalue weighted by atomic mass is 9.87. The normalized spacial score (nSPS) is 15.5. The van der Waals surface area contributed by atoms with Crippen molar-refractivity contribution in [2.75, 3.05) is 23.3 Å². The standard InChI is InChI=1S/C32H38FN3O5S/c1-32(2,3)24-9-11-25(12-10-24)34-31(37)36-20-22-8-14-28(18-23(22)21-36)42(38,39)35-30-15-13-27(19-29(30)33)41-17-16-40-26-6-4-5-7-26/h8-15,18-19,26,35H,4-7,16-17,20-21H2,1-3H3,(H,34,37). The van der Waals surface area contributed by atoms with Crippen LogP contribution in [-0.4, -0.2) is 38.7 Å². The molecule has 2 aliphatic rings. The van der Waals surface area contributed by atoms with Crippen molar-refractivity contribution in [3.8, 4) is 5.75 Å². The SMILES string of the molecule is CC(C)(C)c1ccc(NC(=O)N2Cc3ccc(S(=O)(=O)Nc4ccc(OCCOC5CCCC5)cc4F)cc3C2)cc1. The van der Waals surface area contributed by atoms with Crippen LogP contribution in [0.4, 0.5) is 20.6 Å². The van der Waals surface area contributed by atoms with Crippen LogP contribution in [0.1, 0.15) is 63.1 Å². The van der Waals surface area contributed by atoms with Gasteiger partial charge in [-0.15, -0.1) is 0 Å². The molecule has 42 heavy (non-hydrogen) atoms. The molecule has 224 valence electrons. The summed E-state index contributed by atoms with van der Waals surface area (Å²) < 4.78 is 54.7. The summed E-state index contributed by atoms with van der Waals surface area (Å²) in [7, 11) is -4.07. The summed E-state index contributed by atoms with van der Waals surface area (Å²) in [5.41, 5.74) is 3.27. The Morgan fingerprint density at radius 2 is 1.67 bits per heavy atom. The number of carbonyl (C=O) groups excluding carboxylic acids is 1. The lowest BCUT2D eigenvalue weighted by Crippen LogP contribution is -2.30. The lowest BCUT2D eigenvalue weighted by Gasteiger charge is -2.20. The first-order valence-corrected chi connectivity index (χ1v) is 15.8. The maximum absolute atomic E-state index is 14.8. The highest BCUT2D eigenvalue weighted by Crippen LogP contribution is 2.29. The highest BCUT2D eigenvalue weighted by atomic mass is 32.2. The molecule has 1 heterocycles. The number of urea groups is 1. The van der Waals surface area contributed by atoms with E-state index in [4.69, 9.17) is 9.47 Å². The summed E-state index contributed by atoms with van der Waals surface area (Å²) in [6.45, 7) is 7.71. The number of nitrogens with zero attached hydrogens (tertiary/aromatic N) is 1. The molecule has 10 heteroatoms. The predicted molar refractivity (Wildman–Crippen MR) is 161 cm³/mol. The number of rotatable bonds is 9. The van der Waals surface area contributed by atoms with Gasteiger partial charge < -0.3 is 19.7 Å². The minimum atomic E-state index is -4.07. The van der Waals surface area contributed by atoms with Gasteiger partial charge in [0.2, 0.25) is 0 Å². The van der Waals surface area contributed by atoms with Gasteiger partial charge in [-0.1, -0.05) is 51.8 Å². The van der Waals surface area contributed by atoms with Crippen molar-refractivity contribution >= 4 is 27.4 Å². The van der Waals surface area contributed by atoms with Gasteiger partial charge in [0.05, 0.1) is 23.3 Å². The van der Waals surface area contributed by atoms with Gasteiger partial charge in [-0.3, -0.25) is 4.72 Å². The molecule has 0 unspecified atom stereocenters. The van der Waals surface area contributed by atoms with Crippen molar-refractivity contribution in [3.63, 3.8) is 0 Å². The number of benzene rings is 3. The number of halogens is 1. The monoisotopic (exact) mass is 595 g/mol. The fourth-order valence-electron chi connectivity index (χ4n) is 5.24. The average molecular weight is 596 g/mol. The quantitative estimate of drug-likeness (QED) is 0.265. The predicted octanol–water partition coefficient (Wildman–Crippen LogP) is 6.81. The van der Waals surface area contributed by atoms with Crippen molar-refractivity contribution in [1.29, 1.82) is 0 Å². The van der Waals surface area contributed by atoms with E-state index in [9.17, 15) is 17.6 Å². The van der Waals surface area contributed by atoms with Crippen LogP contribution in [0.2, 0.25) is 0 Å². The van der Waals surface area contributed by atoms with Crippen molar-refractivity contribution in [1.82, 2.24) is 4.90 Å². The smallest absolute Gasteiger partial charge is 0.322 e. The number of amides is 2. The van der Waals surface area contributed by atoms with Gasteiger partial charge in [0.25, 0.3) is 10.0 Å². The number of carbonyl (C=O) groups is 1. The third kappa shape index (κ3) is 7.22. The molecule has 1 aliphatic heterocycles. The van der Waals surface area contributed by atoms with Gasteiger partial charge >= 0.3 is 6.03 Å². The second-order valence-electron chi connectivity index (χ2n) is 11.9. The van der Waals surface area contributed by atoms with Crippen molar-refractivity contribution in [2.24, 2.45) is 0 Å². The Labute approximate surface area is 247 Å². The van der Waals surface area contributed by atoms with Crippen LogP contribution in [0.15, 0.2) is 65.6 Å². The molecule has 3 aromatic rings. The molecule has 2 amide bonds. The van der Waals surface area contributed by atoms with Crippen LogP contribution in [0.3, 0.4) is 0 Å². The lowest BCUT2D eigenvalue weighted by molar-refractivity contribution is 0.0381. The molecule has 0 spiro atoms. The zero-order valence-electron chi connectivity index (χ0n) is 24.3. The Bertz CT molecular complexity index is 1530. The van der Waals surface area contributed by atoms with Gasteiger partial charge in [-0.05, 0) is 71.3 Å². The molecule has 1 fully saturated rings. The second kappa shape index (κ2) is 12.3. The van der Waals surface area contributed by atoms with E-state index in [1.165, 1.54) is 42.7 Å². The first kappa shape index (κ1) is 29.8. The molecule has 2 N–H and O–H groups in total. The van der Waals surface area contributed by atoms with E-state index in [0.29, 0.717) is 24.6 Å². The topological polar surface area (TPSA) is 97.0 Å². The molecule has 1 aliphatic carbocycles. The van der Waals surface area contributed by atoms with Crippen LogP contribution in [-0.2, 0) is 33.3 Å². The molecule has 3 aromatic carbocycles. The highest BCUT2D eigenvalue weighted by Gasteiger charge is 2.26. The number of hydrogen-bond donors (Lipinski definition) is 2. The second-order valence-corrected chi connectivity index (χ2v) is 13.6. The first-order valence-electron chi connectivity index (χ1n) is 14.3. The van der Waals surface area contributed by atoms with Gasteiger partial charge in [0.15, 0.2) is 5.82 Å². The Kier molecular flexibility index (Phi) is 8.75. The zero-order valence-corrected chi connectivity index (χ0v) is 25.1. The maximum atomic E-state index is 14.8. The van der Waals surface area contributed by atoms with Crippen LogP contribution < -0.4 is 14.8 Å². The van der Waals surface area contributed by atoms with E-state index in [-0.39, 0.29) is 41.3 Å². The third-order valence-corrected chi connectivity index (χ3v) is 9.06. The molecule has 5 rings (SSSR count). The van der Waals surface area contributed by atoms with Crippen molar-refractivity contribution in [3.05, 3.63) is 83.2 Å². The van der Waals surface area contributed by atoms with E-state index in [2.05, 4.69) is 30.8 Å². The van der Waals surface area contributed by atoms with E-state index in [0.717, 1.165) is 30.0 Å². The largest absolute Gasteiger partial charge is 0.491 e. The Hall–Kier alpha value is -3.63. The molecule has 8 nitrogen and oxygen atoms in total. The molecule has 0 atom stereocenters. The molecule has 0 radical (unpaired) electrons. The number of fused-ring (bicyclic) bond motifs is 1. The van der Waals surface area contributed by atoms with Gasteiger partial charge in [0, 0.05) is 24.8 Å². The van der Waals surface area contributed by atoms with E-state index >= 15 is 0 Å². The Morgan fingerprint density at radius 3 is 2.36 bits per heavy atom.